The molecule has 3 rings (SSSR count). The van der Waals surface area contributed by atoms with Gasteiger partial charge in [-0.05, 0) is 43.2 Å². The Morgan fingerprint density at radius 1 is 1.19 bits per heavy atom. The number of thioether (sulfide) groups is 1. The summed E-state index contributed by atoms with van der Waals surface area (Å²) in [6.07, 6.45) is 3.15. The van der Waals surface area contributed by atoms with Crippen molar-refractivity contribution in [3.05, 3.63) is 59.1 Å². The summed E-state index contributed by atoms with van der Waals surface area (Å²) >= 11 is 7.58. The van der Waals surface area contributed by atoms with Crippen LogP contribution in [0.5, 0.6) is 5.75 Å². The molecule has 27 heavy (non-hydrogen) atoms. The lowest BCUT2D eigenvalue weighted by Gasteiger charge is -2.41. The van der Waals surface area contributed by atoms with Crippen molar-refractivity contribution >= 4 is 29.3 Å². The predicted octanol–water partition coefficient (Wildman–Crippen LogP) is 6.02. The van der Waals surface area contributed by atoms with E-state index in [1.54, 1.807) is 11.8 Å². The highest BCUT2D eigenvalue weighted by atomic mass is 35.5. The molecule has 0 bridgehead atoms. The Bertz CT molecular complexity index is 774. The quantitative estimate of drug-likeness (QED) is 0.574. The zero-order valence-corrected chi connectivity index (χ0v) is 17.4. The van der Waals surface area contributed by atoms with Crippen LogP contribution in [-0.2, 0) is 4.79 Å². The van der Waals surface area contributed by atoms with E-state index in [0.717, 1.165) is 46.2 Å². The van der Waals surface area contributed by atoms with Crippen molar-refractivity contribution in [2.45, 2.75) is 56.1 Å². The molecule has 0 fully saturated rings. The maximum absolute atomic E-state index is 12.6. The van der Waals surface area contributed by atoms with E-state index in [0.29, 0.717) is 6.42 Å². The number of hydrogen-bond acceptors (Lipinski definition) is 3. The highest BCUT2D eigenvalue weighted by Gasteiger charge is 2.38. The normalized spacial score (nSPS) is 17.7. The number of nitrogens with one attached hydrogen (secondary N) is 1. The molecular formula is C22H26ClNO2S. The number of para-hydroxylation sites is 1. The molecule has 144 valence electrons. The van der Waals surface area contributed by atoms with Crippen LogP contribution in [0.2, 0.25) is 5.02 Å². The molecule has 0 spiro atoms. The molecule has 1 atom stereocenters. The molecule has 1 amide bonds. The minimum Gasteiger partial charge on any atom is -0.487 e. The van der Waals surface area contributed by atoms with Crippen molar-refractivity contribution in [2.24, 2.45) is 0 Å². The second-order valence-corrected chi connectivity index (χ2v) is 8.51. The summed E-state index contributed by atoms with van der Waals surface area (Å²) in [4.78, 5) is 13.7. The molecule has 1 unspecified atom stereocenters. The van der Waals surface area contributed by atoms with Crippen molar-refractivity contribution in [1.29, 1.82) is 0 Å². The molecule has 0 aromatic heterocycles. The molecule has 5 heteroatoms. The van der Waals surface area contributed by atoms with Gasteiger partial charge in [-0.25, -0.2) is 0 Å². The third kappa shape index (κ3) is 4.99. The lowest BCUT2D eigenvalue weighted by atomic mass is 9.83. The number of benzene rings is 2. The topological polar surface area (TPSA) is 38.3 Å². The first-order valence-corrected chi connectivity index (χ1v) is 10.9. The van der Waals surface area contributed by atoms with Crippen molar-refractivity contribution < 1.29 is 9.53 Å². The largest absolute Gasteiger partial charge is 0.487 e. The predicted molar refractivity (Wildman–Crippen MR) is 113 cm³/mol. The van der Waals surface area contributed by atoms with Crippen molar-refractivity contribution in [3.8, 4) is 5.75 Å². The zero-order chi connectivity index (χ0) is 19.3. The maximum atomic E-state index is 12.6. The highest BCUT2D eigenvalue weighted by Crippen LogP contribution is 2.42. The molecule has 1 aliphatic heterocycles. The van der Waals surface area contributed by atoms with Crippen LogP contribution in [0.1, 0.15) is 51.1 Å². The summed E-state index contributed by atoms with van der Waals surface area (Å²) in [5.74, 6) is 1.72. The summed E-state index contributed by atoms with van der Waals surface area (Å²) in [5.41, 5.74) is 0.874. The molecule has 1 N–H and O–H groups in total. The molecule has 0 saturated carbocycles. The summed E-state index contributed by atoms with van der Waals surface area (Å²) in [6.45, 7) is 4.30. The smallest absolute Gasteiger partial charge is 0.221 e. The van der Waals surface area contributed by atoms with Gasteiger partial charge >= 0.3 is 0 Å². The number of amides is 1. The van der Waals surface area contributed by atoms with E-state index in [-0.39, 0.29) is 17.6 Å². The number of hydrogen-bond donors (Lipinski definition) is 1. The maximum Gasteiger partial charge on any atom is 0.221 e. The first kappa shape index (κ1) is 20.1. The van der Waals surface area contributed by atoms with Crippen molar-refractivity contribution in [1.82, 2.24) is 5.32 Å². The number of rotatable bonds is 7. The number of carbonyl (C=O) groups excluding carboxylic acids is 1. The SMILES string of the molecule is CCC1(CC)CC(NC(=O)CCSc2ccc(Cl)cc2)c2ccccc2O1. The van der Waals surface area contributed by atoms with E-state index in [9.17, 15) is 4.79 Å². The van der Waals surface area contributed by atoms with Crippen molar-refractivity contribution in [3.63, 3.8) is 0 Å². The first-order chi connectivity index (χ1) is 13.0. The summed E-state index contributed by atoms with van der Waals surface area (Å²) in [5, 5.41) is 3.97. The van der Waals surface area contributed by atoms with Crippen LogP contribution in [0.15, 0.2) is 53.4 Å². The third-order valence-corrected chi connectivity index (χ3v) is 6.50. The van der Waals surface area contributed by atoms with Gasteiger partial charge in [0, 0.05) is 34.1 Å². The van der Waals surface area contributed by atoms with E-state index in [4.69, 9.17) is 16.3 Å². The van der Waals surface area contributed by atoms with Crippen LogP contribution in [0, 0.1) is 0 Å². The van der Waals surface area contributed by atoms with E-state index in [2.05, 4.69) is 25.2 Å². The Balaban J connectivity index is 1.61. The van der Waals surface area contributed by atoms with E-state index >= 15 is 0 Å². The summed E-state index contributed by atoms with van der Waals surface area (Å²) in [7, 11) is 0. The van der Waals surface area contributed by atoms with Crippen LogP contribution >= 0.6 is 23.4 Å². The average molecular weight is 404 g/mol. The molecule has 0 radical (unpaired) electrons. The molecule has 0 saturated heterocycles. The van der Waals surface area contributed by atoms with Crippen LogP contribution in [0.3, 0.4) is 0 Å². The van der Waals surface area contributed by atoms with Gasteiger partial charge < -0.3 is 10.1 Å². The van der Waals surface area contributed by atoms with Gasteiger partial charge in [0.2, 0.25) is 5.91 Å². The number of ether oxygens (including phenoxy) is 1. The summed E-state index contributed by atoms with van der Waals surface area (Å²) < 4.78 is 6.31. The minimum atomic E-state index is -0.204. The molecule has 0 aliphatic carbocycles. The Hall–Kier alpha value is -1.65. The zero-order valence-electron chi connectivity index (χ0n) is 15.8. The van der Waals surface area contributed by atoms with Gasteiger partial charge in [-0.1, -0.05) is 43.6 Å². The summed E-state index contributed by atoms with van der Waals surface area (Å²) in [6, 6.07) is 15.8. The fourth-order valence-electron chi connectivity index (χ4n) is 3.49. The van der Waals surface area contributed by atoms with Gasteiger partial charge in [0.25, 0.3) is 0 Å². The van der Waals surface area contributed by atoms with Crippen LogP contribution < -0.4 is 10.1 Å². The highest BCUT2D eigenvalue weighted by molar-refractivity contribution is 7.99. The molecule has 3 nitrogen and oxygen atoms in total. The lowest BCUT2D eigenvalue weighted by Crippen LogP contribution is -2.44. The van der Waals surface area contributed by atoms with E-state index in [1.165, 1.54) is 0 Å². The minimum absolute atomic E-state index is 0.00267. The molecule has 1 aliphatic rings. The van der Waals surface area contributed by atoms with E-state index in [1.807, 2.05) is 42.5 Å². The van der Waals surface area contributed by atoms with Gasteiger partial charge in [-0.2, -0.15) is 0 Å². The Morgan fingerprint density at radius 2 is 1.89 bits per heavy atom. The van der Waals surface area contributed by atoms with Gasteiger partial charge in [-0.3, -0.25) is 4.79 Å². The standard InChI is InChI=1S/C22H26ClNO2S/c1-3-22(4-2)15-19(18-7-5-6-8-20(18)26-22)24-21(25)13-14-27-17-11-9-16(23)10-12-17/h5-12,19H,3-4,13-15H2,1-2H3,(H,24,25). The number of fused-ring (bicyclic) bond motifs is 1. The molecular weight excluding hydrogens is 378 g/mol. The van der Waals surface area contributed by atoms with Gasteiger partial charge in [-0.15, -0.1) is 11.8 Å². The Morgan fingerprint density at radius 3 is 2.59 bits per heavy atom. The number of carbonyl (C=O) groups is 1. The van der Waals surface area contributed by atoms with Gasteiger partial charge in [0.05, 0.1) is 6.04 Å². The Kier molecular flexibility index (Phi) is 6.72. The first-order valence-electron chi connectivity index (χ1n) is 9.51. The average Bonchev–Trinajstić information content (AvgIpc) is 2.69. The monoisotopic (exact) mass is 403 g/mol. The molecule has 2 aromatic rings. The van der Waals surface area contributed by atoms with Crippen molar-refractivity contribution in [2.75, 3.05) is 5.75 Å². The fraction of sp³-hybridized carbons (Fsp3) is 0.409. The third-order valence-electron chi connectivity index (χ3n) is 5.23. The fourth-order valence-corrected chi connectivity index (χ4v) is 4.47. The van der Waals surface area contributed by atoms with E-state index < -0.39 is 0 Å². The Labute approximate surface area is 170 Å². The van der Waals surface area contributed by atoms with Gasteiger partial charge in [0.15, 0.2) is 0 Å². The second-order valence-electron chi connectivity index (χ2n) is 6.91. The molecule has 2 aromatic carbocycles. The lowest BCUT2D eigenvalue weighted by molar-refractivity contribution is -0.122. The number of halogens is 1. The molecule has 1 heterocycles. The van der Waals surface area contributed by atoms with Crippen LogP contribution in [0.4, 0.5) is 0 Å². The second kappa shape index (κ2) is 9.03. The van der Waals surface area contributed by atoms with Crippen LogP contribution in [-0.4, -0.2) is 17.3 Å². The van der Waals surface area contributed by atoms with Crippen LogP contribution in [0.25, 0.3) is 0 Å². The van der Waals surface area contributed by atoms with Gasteiger partial charge in [0.1, 0.15) is 11.4 Å².